The number of rotatable bonds is 10. The predicted octanol–water partition coefficient (Wildman–Crippen LogP) is 2.98. The van der Waals surface area contributed by atoms with Crippen LogP contribution in [0.2, 0.25) is 0 Å². The van der Waals surface area contributed by atoms with Gasteiger partial charge in [0.25, 0.3) is 0 Å². The molecule has 1 heterocycles. The third-order valence-electron chi connectivity index (χ3n) is 4.43. The maximum atomic E-state index is 5.37. The Balaban J connectivity index is 0.00000392. The van der Waals surface area contributed by atoms with Gasteiger partial charge in [-0.15, -0.1) is 30.6 Å². The van der Waals surface area contributed by atoms with E-state index < -0.39 is 0 Å². The van der Waals surface area contributed by atoms with Gasteiger partial charge in [0.15, 0.2) is 5.96 Å². The molecule has 8 heteroatoms. The van der Waals surface area contributed by atoms with E-state index in [4.69, 9.17) is 9.47 Å². The summed E-state index contributed by atoms with van der Waals surface area (Å²) in [4.78, 5) is 6.78. The average molecular weight is 520 g/mol. The second-order valence-electron chi connectivity index (χ2n) is 6.45. The molecule has 0 radical (unpaired) electrons. The van der Waals surface area contributed by atoms with Crippen LogP contribution in [0.25, 0.3) is 0 Å². The van der Waals surface area contributed by atoms with Gasteiger partial charge >= 0.3 is 0 Å². The largest absolute Gasteiger partial charge is 0.497 e. The number of ether oxygens (including phenoxy) is 2. The highest BCUT2D eigenvalue weighted by Gasteiger charge is 2.23. The maximum absolute atomic E-state index is 5.37. The number of halogens is 1. The first-order valence-corrected chi connectivity index (χ1v) is 10.4. The van der Waals surface area contributed by atoms with Gasteiger partial charge in [0.2, 0.25) is 0 Å². The summed E-state index contributed by atoms with van der Waals surface area (Å²) in [5.74, 6) is 4.57. The quantitative estimate of drug-likeness (QED) is 0.163. The normalized spacial score (nSPS) is 17.0. The van der Waals surface area contributed by atoms with Crippen LogP contribution in [0.4, 0.5) is 0 Å². The summed E-state index contributed by atoms with van der Waals surface area (Å²) >= 11 is 1.86. The Labute approximate surface area is 190 Å². The lowest BCUT2D eigenvalue weighted by atomic mass is 10.2. The van der Waals surface area contributed by atoms with Crippen molar-refractivity contribution in [3.8, 4) is 11.5 Å². The molecule has 1 aromatic carbocycles. The SMILES string of the molecule is C=CCSCCNC(=NC)NC1CCN(Cc2cc(OC)cc(OC)c2)C1.I. The highest BCUT2D eigenvalue weighted by Crippen LogP contribution is 2.24. The topological polar surface area (TPSA) is 58.1 Å². The minimum absolute atomic E-state index is 0. The smallest absolute Gasteiger partial charge is 0.191 e. The number of nitrogens with zero attached hydrogens (tertiary/aromatic N) is 2. The van der Waals surface area contributed by atoms with Crippen LogP contribution >= 0.6 is 35.7 Å². The van der Waals surface area contributed by atoms with E-state index in [1.54, 1.807) is 14.2 Å². The Morgan fingerprint density at radius 3 is 2.64 bits per heavy atom. The minimum Gasteiger partial charge on any atom is -0.497 e. The van der Waals surface area contributed by atoms with Gasteiger partial charge in [-0.2, -0.15) is 11.8 Å². The molecule has 1 atom stereocenters. The molecule has 0 aliphatic carbocycles. The molecule has 2 N–H and O–H groups in total. The van der Waals surface area contributed by atoms with Crippen molar-refractivity contribution in [1.82, 2.24) is 15.5 Å². The van der Waals surface area contributed by atoms with E-state index in [0.29, 0.717) is 6.04 Å². The third-order valence-corrected chi connectivity index (χ3v) is 5.39. The molecule has 0 amide bonds. The van der Waals surface area contributed by atoms with Gasteiger partial charge in [0.05, 0.1) is 14.2 Å². The van der Waals surface area contributed by atoms with Crippen molar-refractivity contribution in [2.24, 2.45) is 4.99 Å². The van der Waals surface area contributed by atoms with Gasteiger partial charge in [-0.1, -0.05) is 6.08 Å². The molecule has 1 saturated heterocycles. The minimum atomic E-state index is 0. The van der Waals surface area contributed by atoms with Crippen LogP contribution in [-0.2, 0) is 6.54 Å². The van der Waals surface area contributed by atoms with Crippen molar-refractivity contribution < 1.29 is 9.47 Å². The molecule has 1 aromatic rings. The van der Waals surface area contributed by atoms with Gasteiger partial charge in [-0.25, -0.2) is 0 Å². The summed E-state index contributed by atoms with van der Waals surface area (Å²) in [5, 5.41) is 6.92. The lowest BCUT2D eigenvalue weighted by Gasteiger charge is -2.19. The number of thioether (sulfide) groups is 1. The lowest BCUT2D eigenvalue weighted by molar-refractivity contribution is 0.321. The first kappa shape index (κ1) is 24.9. The molecule has 0 spiro atoms. The number of likely N-dealkylation sites (tertiary alicyclic amines) is 1. The van der Waals surface area contributed by atoms with Crippen molar-refractivity contribution >= 4 is 41.7 Å². The first-order chi connectivity index (χ1) is 13.2. The van der Waals surface area contributed by atoms with Crippen LogP contribution < -0.4 is 20.1 Å². The predicted molar refractivity (Wildman–Crippen MR) is 131 cm³/mol. The van der Waals surface area contributed by atoms with E-state index in [2.05, 4.69) is 39.2 Å². The van der Waals surface area contributed by atoms with E-state index in [0.717, 1.165) is 61.6 Å². The Bertz CT molecular complexity index is 608. The second kappa shape index (κ2) is 13.9. The van der Waals surface area contributed by atoms with Gasteiger partial charge in [0.1, 0.15) is 11.5 Å². The highest BCUT2D eigenvalue weighted by molar-refractivity contribution is 14.0. The zero-order valence-electron chi connectivity index (χ0n) is 17.1. The molecule has 0 bridgehead atoms. The monoisotopic (exact) mass is 520 g/mol. The van der Waals surface area contributed by atoms with E-state index in [1.165, 1.54) is 5.56 Å². The zero-order valence-corrected chi connectivity index (χ0v) is 20.2. The van der Waals surface area contributed by atoms with Crippen molar-refractivity contribution in [1.29, 1.82) is 0 Å². The number of nitrogens with one attached hydrogen (secondary N) is 2. The van der Waals surface area contributed by atoms with Crippen molar-refractivity contribution in [3.63, 3.8) is 0 Å². The number of guanidine groups is 1. The lowest BCUT2D eigenvalue weighted by Crippen LogP contribution is -2.45. The summed E-state index contributed by atoms with van der Waals surface area (Å²) < 4.78 is 10.7. The van der Waals surface area contributed by atoms with E-state index in [-0.39, 0.29) is 24.0 Å². The average Bonchev–Trinajstić information content (AvgIpc) is 3.13. The molecule has 0 aromatic heterocycles. The summed E-state index contributed by atoms with van der Waals surface area (Å²) in [6.45, 7) is 7.57. The van der Waals surface area contributed by atoms with Gasteiger partial charge in [0, 0.05) is 56.8 Å². The summed E-state index contributed by atoms with van der Waals surface area (Å²) in [7, 11) is 5.19. The van der Waals surface area contributed by atoms with Crippen LogP contribution in [0.15, 0.2) is 35.8 Å². The molecular formula is C20H33IN4O2S. The fourth-order valence-corrected chi connectivity index (χ4v) is 3.69. The Morgan fingerprint density at radius 1 is 1.32 bits per heavy atom. The number of aliphatic imine (C=N–C) groups is 1. The molecular weight excluding hydrogens is 487 g/mol. The third kappa shape index (κ3) is 8.48. The molecule has 1 aliphatic rings. The number of benzene rings is 1. The highest BCUT2D eigenvalue weighted by atomic mass is 127. The van der Waals surface area contributed by atoms with Crippen molar-refractivity contribution in [2.45, 2.75) is 19.0 Å². The van der Waals surface area contributed by atoms with E-state index in [9.17, 15) is 0 Å². The molecule has 1 aliphatic heterocycles. The van der Waals surface area contributed by atoms with Crippen molar-refractivity contribution in [2.75, 3.05) is 52.4 Å². The van der Waals surface area contributed by atoms with Gasteiger partial charge < -0.3 is 20.1 Å². The zero-order chi connectivity index (χ0) is 19.5. The standard InChI is InChI=1S/C20H32N4O2S.HI/c1-5-9-27-10-7-22-20(21-2)23-17-6-8-24(15-17)14-16-11-18(25-3)13-19(12-16)26-4;/h5,11-13,17H,1,6-10,14-15H2,2-4H3,(H2,21,22,23);1H. The fraction of sp³-hybridized carbons (Fsp3) is 0.550. The van der Waals surface area contributed by atoms with Crippen LogP contribution in [0, 0.1) is 0 Å². The Morgan fingerprint density at radius 2 is 2.04 bits per heavy atom. The summed E-state index contributed by atoms with van der Waals surface area (Å²) in [5.41, 5.74) is 1.20. The summed E-state index contributed by atoms with van der Waals surface area (Å²) in [6, 6.07) is 6.46. The molecule has 2 rings (SSSR count). The molecule has 158 valence electrons. The van der Waals surface area contributed by atoms with Crippen LogP contribution in [0.3, 0.4) is 0 Å². The molecule has 6 nitrogen and oxygen atoms in total. The Kier molecular flexibility index (Phi) is 12.4. The van der Waals surface area contributed by atoms with Crippen LogP contribution in [0.5, 0.6) is 11.5 Å². The van der Waals surface area contributed by atoms with E-state index >= 15 is 0 Å². The van der Waals surface area contributed by atoms with Gasteiger partial charge in [-0.3, -0.25) is 9.89 Å². The number of hydrogen-bond acceptors (Lipinski definition) is 5. The van der Waals surface area contributed by atoms with E-state index in [1.807, 2.05) is 31.0 Å². The van der Waals surface area contributed by atoms with Crippen LogP contribution in [0.1, 0.15) is 12.0 Å². The molecule has 0 saturated carbocycles. The fourth-order valence-electron chi connectivity index (χ4n) is 3.11. The first-order valence-electron chi connectivity index (χ1n) is 9.28. The second-order valence-corrected chi connectivity index (χ2v) is 7.60. The summed E-state index contributed by atoms with van der Waals surface area (Å²) in [6.07, 6.45) is 3.04. The molecule has 28 heavy (non-hydrogen) atoms. The molecule has 1 fully saturated rings. The van der Waals surface area contributed by atoms with Crippen LogP contribution in [-0.4, -0.2) is 69.3 Å². The number of hydrogen-bond donors (Lipinski definition) is 2. The van der Waals surface area contributed by atoms with Gasteiger partial charge in [-0.05, 0) is 24.1 Å². The number of methoxy groups -OCH3 is 2. The molecule has 1 unspecified atom stereocenters. The van der Waals surface area contributed by atoms with Crippen molar-refractivity contribution in [3.05, 3.63) is 36.4 Å². The maximum Gasteiger partial charge on any atom is 0.191 e. The Hall–Kier alpha value is -1.13.